The van der Waals surface area contributed by atoms with Crippen LogP contribution in [0, 0.1) is 5.82 Å². The highest BCUT2D eigenvalue weighted by Gasteiger charge is 2.14. The molecule has 1 aromatic rings. The van der Waals surface area contributed by atoms with Gasteiger partial charge in [-0.2, -0.15) is 0 Å². The fourth-order valence-electron chi connectivity index (χ4n) is 0.778. The Bertz CT molecular complexity index is 415. The maximum Gasteiger partial charge on any atom is 0.246 e. The highest BCUT2D eigenvalue weighted by molar-refractivity contribution is 7.93. The van der Waals surface area contributed by atoms with Crippen molar-refractivity contribution in [2.75, 3.05) is 9.93 Å². The fraction of sp³-hybridized carbons (Fsp3) is 0.143. The minimum absolute atomic E-state index is 0.0151. The third-order valence-corrected chi connectivity index (χ3v) is 3.34. The minimum atomic E-state index is -3.73. The lowest BCUT2D eigenvalue weighted by Crippen LogP contribution is -2.14. The van der Waals surface area contributed by atoms with Crippen molar-refractivity contribution in [1.29, 1.82) is 0 Å². The van der Waals surface area contributed by atoms with Crippen LogP contribution in [0.4, 0.5) is 10.1 Å². The molecule has 1 aromatic carbocycles. The number of nitrogens with one attached hydrogen (secondary N) is 1. The SMILES string of the molecule is O=S(=O)(CCl)Nc1c(F)cccc1Cl. The molecule has 0 radical (unpaired) electrons. The molecule has 0 bridgehead atoms. The number of anilines is 1. The Balaban J connectivity index is 3.09. The number of para-hydroxylation sites is 1. The van der Waals surface area contributed by atoms with E-state index in [1.165, 1.54) is 12.1 Å². The van der Waals surface area contributed by atoms with Gasteiger partial charge < -0.3 is 0 Å². The third-order valence-electron chi connectivity index (χ3n) is 1.36. The molecule has 0 aromatic heterocycles. The van der Waals surface area contributed by atoms with Crippen molar-refractivity contribution in [2.45, 2.75) is 0 Å². The lowest BCUT2D eigenvalue weighted by Gasteiger charge is -2.07. The van der Waals surface area contributed by atoms with E-state index in [9.17, 15) is 12.8 Å². The molecule has 0 saturated carbocycles. The Kier molecular flexibility index (Phi) is 3.58. The number of hydrogen-bond acceptors (Lipinski definition) is 2. The Morgan fingerprint density at radius 1 is 1.43 bits per heavy atom. The van der Waals surface area contributed by atoms with Crippen LogP contribution in [0.3, 0.4) is 0 Å². The maximum absolute atomic E-state index is 13.1. The molecule has 14 heavy (non-hydrogen) atoms. The van der Waals surface area contributed by atoms with E-state index in [4.69, 9.17) is 23.2 Å². The van der Waals surface area contributed by atoms with Crippen molar-refractivity contribution in [2.24, 2.45) is 0 Å². The van der Waals surface area contributed by atoms with Crippen molar-refractivity contribution in [1.82, 2.24) is 0 Å². The van der Waals surface area contributed by atoms with Crippen LogP contribution in [0.15, 0.2) is 18.2 Å². The van der Waals surface area contributed by atoms with Gasteiger partial charge in [0, 0.05) is 0 Å². The zero-order chi connectivity index (χ0) is 10.8. The van der Waals surface area contributed by atoms with Crippen molar-refractivity contribution >= 4 is 38.9 Å². The van der Waals surface area contributed by atoms with Crippen LogP contribution in [-0.2, 0) is 10.0 Å². The number of sulfonamides is 1. The molecule has 1 N–H and O–H groups in total. The summed E-state index contributed by atoms with van der Waals surface area (Å²) >= 11 is 10.7. The Hall–Kier alpha value is -0.520. The quantitative estimate of drug-likeness (QED) is 0.846. The van der Waals surface area contributed by atoms with E-state index in [0.29, 0.717) is 0 Å². The number of rotatable bonds is 3. The van der Waals surface area contributed by atoms with Crippen LogP contribution in [0.1, 0.15) is 0 Å². The van der Waals surface area contributed by atoms with Crippen LogP contribution in [0.25, 0.3) is 0 Å². The molecule has 0 spiro atoms. The summed E-state index contributed by atoms with van der Waals surface area (Å²) in [5.41, 5.74) is -0.283. The van der Waals surface area contributed by atoms with Gasteiger partial charge in [-0.25, -0.2) is 12.8 Å². The predicted molar refractivity (Wildman–Crippen MR) is 54.7 cm³/mol. The molecule has 0 fully saturated rings. The standard InChI is InChI=1S/C7H6Cl2FNO2S/c8-4-14(12,13)11-7-5(9)2-1-3-6(7)10/h1-3,11H,4H2. The molecular weight excluding hydrogens is 252 g/mol. The molecule has 7 heteroatoms. The number of alkyl halides is 1. The summed E-state index contributed by atoms with van der Waals surface area (Å²) in [5.74, 6) is -0.744. The largest absolute Gasteiger partial charge is 0.278 e. The van der Waals surface area contributed by atoms with E-state index < -0.39 is 21.1 Å². The van der Waals surface area contributed by atoms with Crippen molar-refractivity contribution in [3.05, 3.63) is 29.0 Å². The summed E-state index contributed by atoms with van der Waals surface area (Å²) in [6.45, 7) is 0. The highest BCUT2D eigenvalue weighted by Crippen LogP contribution is 2.25. The molecular formula is C7H6Cl2FNO2S. The van der Waals surface area contributed by atoms with Crippen LogP contribution in [0.2, 0.25) is 5.02 Å². The second-order valence-electron chi connectivity index (χ2n) is 2.42. The molecule has 0 heterocycles. The number of benzene rings is 1. The molecule has 0 aliphatic rings. The zero-order valence-electron chi connectivity index (χ0n) is 6.80. The van der Waals surface area contributed by atoms with E-state index in [-0.39, 0.29) is 10.7 Å². The summed E-state index contributed by atoms with van der Waals surface area (Å²) in [4.78, 5) is 0. The first-order chi connectivity index (χ1) is 6.46. The predicted octanol–water partition coefficient (Wildman–Crippen LogP) is 2.42. The molecule has 0 atom stereocenters. The first kappa shape index (κ1) is 11.6. The molecule has 0 amide bonds. The lowest BCUT2D eigenvalue weighted by atomic mass is 10.3. The zero-order valence-corrected chi connectivity index (χ0v) is 9.13. The lowest BCUT2D eigenvalue weighted by molar-refractivity contribution is 0.602. The van der Waals surface area contributed by atoms with Gasteiger partial charge in [-0.3, -0.25) is 4.72 Å². The molecule has 3 nitrogen and oxygen atoms in total. The number of hydrogen-bond donors (Lipinski definition) is 1. The average Bonchev–Trinajstić information content (AvgIpc) is 2.12. The van der Waals surface area contributed by atoms with Gasteiger partial charge in [0.15, 0.2) is 0 Å². The topological polar surface area (TPSA) is 46.2 Å². The highest BCUT2D eigenvalue weighted by atomic mass is 35.5. The summed E-state index contributed by atoms with van der Waals surface area (Å²) in [6, 6.07) is 3.84. The second-order valence-corrected chi connectivity index (χ2v) is 5.14. The van der Waals surface area contributed by atoms with Crippen LogP contribution in [-0.4, -0.2) is 13.6 Å². The van der Waals surface area contributed by atoms with Gasteiger partial charge >= 0.3 is 0 Å². The average molecular weight is 258 g/mol. The van der Waals surface area contributed by atoms with E-state index in [1.54, 1.807) is 0 Å². The normalized spacial score (nSPS) is 11.4. The van der Waals surface area contributed by atoms with Crippen LogP contribution >= 0.6 is 23.2 Å². The Labute approximate surface area is 90.9 Å². The van der Waals surface area contributed by atoms with E-state index >= 15 is 0 Å². The van der Waals surface area contributed by atoms with E-state index in [0.717, 1.165) is 6.07 Å². The van der Waals surface area contributed by atoms with Crippen LogP contribution < -0.4 is 4.72 Å². The molecule has 0 aliphatic carbocycles. The van der Waals surface area contributed by atoms with E-state index in [1.807, 2.05) is 4.72 Å². The first-order valence-corrected chi connectivity index (χ1v) is 6.03. The van der Waals surface area contributed by atoms with Crippen LogP contribution in [0.5, 0.6) is 0 Å². The fourth-order valence-corrected chi connectivity index (χ4v) is 1.78. The Morgan fingerprint density at radius 2 is 2.07 bits per heavy atom. The summed E-state index contributed by atoms with van der Waals surface area (Å²) < 4.78 is 37.0. The summed E-state index contributed by atoms with van der Waals surface area (Å²) in [7, 11) is -3.73. The smallest absolute Gasteiger partial charge is 0.246 e. The minimum Gasteiger partial charge on any atom is -0.278 e. The van der Waals surface area contributed by atoms with Crippen molar-refractivity contribution in [3.8, 4) is 0 Å². The van der Waals surface area contributed by atoms with Gasteiger partial charge in [-0.1, -0.05) is 17.7 Å². The molecule has 0 unspecified atom stereocenters. The second kappa shape index (κ2) is 4.33. The summed E-state index contributed by atoms with van der Waals surface area (Å²) in [6.07, 6.45) is 0. The van der Waals surface area contributed by atoms with Crippen molar-refractivity contribution in [3.63, 3.8) is 0 Å². The van der Waals surface area contributed by atoms with Crippen molar-refractivity contribution < 1.29 is 12.8 Å². The molecule has 0 aliphatic heterocycles. The monoisotopic (exact) mass is 257 g/mol. The van der Waals surface area contributed by atoms with Gasteiger partial charge in [-0.15, -0.1) is 11.6 Å². The van der Waals surface area contributed by atoms with Gasteiger partial charge in [0.2, 0.25) is 10.0 Å². The maximum atomic E-state index is 13.1. The van der Waals surface area contributed by atoms with Gasteiger partial charge in [0.05, 0.1) is 5.02 Å². The van der Waals surface area contributed by atoms with E-state index in [2.05, 4.69) is 0 Å². The first-order valence-electron chi connectivity index (χ1n) is 3.47. The van der Waals surface area contributed by atoms with Gasteiger partial charge in [-0.05, 0) is 12.1 Å². The third kappa shape index (κ3) is 2.73. The molecule has 78 valence electrons. The number of halogens is 3. The summed E-state index contributed by atoms with van der Waals surface area (Å²) in [5, 5.41) is -0.670. The molecule has 0 saturated heterocycles. The van der Waals surface area contributed by atoms with Gasteiger partial charge in [0.25, 0.3) is 0 Å². The van der Waals surface area contributed by atoms with Gasteiger partial charge in [0.1, 0.15) is 16.7 Å². The molecule has 1 rings (SSSR count). The Morgan fingerprint density at radius 3 is 2.57 bits per heavy atom.